The van der Waals surface area contributed by atoms with E-state index in [4.69, 9.17) is 4.42 Å². The number of aryl methyl sites for hydroxylation is 1. The average Bonchev–Trinajstić information content (AvgIpc) is 3.48. The number of halogens is 3. The predicted molar refractivity (Wildman–Crippen MR) is 158 cm³/mol. The SMILES string of the molecule is O=C1Nc2ccc(S(=O)(=O)Nc3ccc(C(F)(F)F)cc3)cc2C1=Cc1oc2c(c1CS(=O)(=O)c1ccccc1)CCCC2. The molecule has 0 saturated heterocycles. The van der Waals surface area contributed by atoms with E-state index in [9.17, 15) is 34.8 Å². The van der Waals surface area contributed by atoms with Gasteiger partial charge >= 0.3 is 6.18 Å². The highest BCUT2D eigenvalue weighted by atomic mass is 32.2. The van der Waals surface area contributed by atoms with Crippen LogP contribution in [0.15, 0.2) is 87.0 Å². The van der Waals surface area contributed by atoms with Gasteiger partial charge in [-0.25, -0.2) is 16.8 Å². The van der Waals surface area contributed by atoms with Crippen LogP contribution in [0.25, 0.3) is 11.6 Å². The average molecular weight is 643 g/mol. The molecule has 0 saturated carbocycles. The van der Waals surface area contributed by atoms with Gasteiger partial charge in [0.1, 0.15) is 11.5 Å². The van der Waals surface area contributed by atoms with Crippen molar-refractivity contribution in [2.45, 2.75) is 47.4 Å². The second-order valence-electron chi connectivity index (χ2n) is 10.5. The first-order chi connectivity index (χ1) is 20.8. The van der Waals surface area contributed by atoms with E-state index in [-0.39, 0.29) is 38.1 Å². The third-order valence-electron chi connectivity index (χ3n) is 7.57. The third-order valence-corrected chi connectivity index (χ3v) is 10.6. The number of fused-ring (bicyclic) bond motifs is 2. The first-order valence-electron chi connectivity index (χ1n) is 13.6. The maximum absolute atomic E-state index is 13.3. The lowest BCUT2D eigenvalue weighted by molar-refractivity contribution is -0.137. The van der Waals surface area contributed by atoms with Gasteiger partial charge in [-0.3, -0.25) is 9.52 Å². The molecule has 3 aromatic carbocycles. The molecule has 1 aliphatic heterocycles. The van der Waals surface area contributed by atoms with E-state index in [0.717, 1.165) is 42.7 Å². The number of carbonyl (C=O) groups excluding carboxylic acids is 1. The topological polar surface area (TPSA) is 123 Å². The summed E-state index contributed by atoms with van der Waals surface area (Å²) in [5.41, 5.74) is 0.933. The zero-order valence-electron chi connectivity index (χ0n) is 22.9. The Morgan fingerprint density at radius 2 is 1.59 bits per heavy atom. The van der Waals surface area contributed by atoms with Gasteiger partial charge in [0.05, 0.1) is 26.7 Å². The van der Waals surface area contributed by atoms with E-state index in [1.165, 1.54) is 36.4 Å². The molecule has 2 N–H and O–H groups in total. The van der Waals surface area contributed by atoms with Gasteiger partial charge in [-0.2, -0.15) is 13.2 Å². The Labute approximate surface area is 251 Å². The standard InChI is InChI=1S/C31H25F3N2O6S2/c32-31(33,34)19-10-12-20(13-11-19)36-44(40,41)22-14-15-27-24(16-22)25(30(37)35-27)17-29-26(23-8-4-5-9-28(23)42-29)18-43(38,39)21-6-2-1-3-7-21/h1-3,6-7,10-17,36H,4-5,8-9,18H2,(H,35,37). The highest BCUT2D eigenvalue weighted by Gasteiger charge is 2.32. The number of carbonyl (C=O) groups is 1. The lowest BCUT2D eigenvalue weighted by Crippen LogP contribution is -2.13. The zero-order chi connectivity index (χ0) is 31.3. The van der Waals surface area contributed by atoms with Gasteiger partial charge in [-0.1, -0.05) is 18.2 Å². The summed E-state index contributed by atoms with van der Waals surface area (Å²) >= 11 is 0. The molecule has 13 heteroatoms. The fourth-order valence-electron chi connectivity index (χ4n) is 5.38. The molecule has 1 aromatic heterocycles. The van der Waals surface area contributed by atoms with E-state index in [1.807, 2.05) is 0 Å². The van der Waals surface area contributed by atoms with Crippen molar-refractivity contribution in [1.29, 1.82) is 0 Å². The van der Waals surface area contributed by atoms with E-state index in [2.05, 4.69) is 10.0 Å². The molecule has 1 aliphatic carbocycles. The van der Waals surface area contributed by atoms with Crippen molar-refractivity contribution in [3.8, 4) is 0 Å². The molecule has 6 rings (SSSR count). The Morgan fingerprint density at radius 3 is 2.30 bits per heavy atom. The molecule has 1 amide bonds. The number of furan rings is 1. The largest absolute Gasteiger partial charge is 0.461 e. The van der Waals surface area contributed by atoms with E-state index in [0.29, 0.717) is 29.9 Å². The summed E-state index contributed by atoms with van der Waals surface area (Å²) in [7, 11) is -8.02. The van der Waals surface area contributed by atoms with Crippen molar-refractivity contribution in [3.05, 3.63) is 107 Å². The Bertz CT molecular complexity index is 2020. The van der Waals surface area contributed by atoms with Crippen LogP contribution in [-0.4, -0.2) is 22.7 Å². The molecular formula is C31H25F3N2O6S2. The number of hydrogen-bond donors (Lipinski definition) is 2. The van der Waals surface area contributed by atoms with Gasteiger partial charge in [-0.05, 0) is 85.5 Å². The third kappa shape index (κ3) is 5.76. The van der Waals surface area contributed by atoms with Gasteiger partial charge in [0, 0.05) is 28.9 Å². The summed E-state index contributed by atoms with van der Waals surface area (Å²) in [6.07, 6.45) is -0.150. The van der Waals surface area contributed by atoms with Crippen molar-refractivity contribution in [1.82, 2.24) is 0 Å². The molecule has 8 nitrogen and oxygen atoms in total. The molecule has 0 bridgehead atoms. The quantitative estimate of drug-likeness (QED) is 0.224. The van der Waals surface area contributed by atoms with E-state index in [1.54, 1.807) is 18.2 Å². The fraction of sp³-hybridized carbons (Fsp3) is 0.194. The maximum Gasteiger partial charge on any atom is 0.416 e. The van der Waals surface area contributed by atoms with Gasteiger partial charge in [-0.15, -0.1) is 0 Å². The number of benzene rings is 3. The number of sulfonamides is 1. The van der Waals surface area contributed by atoms with Crippen molar-refractivity contribution in [2.75, 3.05) is 10.0 Å². The van der Waals surface area contributed by atoms with E-state index >= 15 is 0 Å². The molecule has 2 aliphatic rings. The number of nitrogens with one attached hydrogen (secondary N) is 2. The monoisotopic (exact) mass is 642 g/mol. The van der Waals surface area contributed by atoms with Crippen LogP contribution in [0, 0.1) is 0 Å². The second kappa shape index (κ2) is 11.0. The molecule has 4 aromatic rings. The first-order valence-corrected chi connectivity index (χ1v) is 16.7. The minimum Gasteiger partial charge on any atom is -0.461 e. The number of anilines is 2. The van der Waals surface area contributed by atoms with Crippen LogP contribution in [0.2, 0.25) is 0 Å². The molecule has 228 valence electrons. The minimum atomic E-state index is -4.57. The molecular weight excluding hydrogens is 617 g/mol. The molecule has 0 unspecified atom stereocenters. The van der Waals surface area contributed by atoms with Gasteiger partial charge in [0.25, 0.3) is 15.9 Å². The van der Waals surface area contributed by atoms with Crippen molar-refractivity contribution >= 4 is 48.8 Å². The lowest BCUT2D eigenvalue weighted by Gasteiger charge is -2.11. The van der Waals surface area contributed by atoms with Crippen LogP contribution >= 0.6 is 0 Å². The number of alkyl halides is 3. The highest BCUT2D eigenvalue weighted by molar-refractivity contribution is 7.92. The number of hydrogen-bond acceptors (Lipinski definition) is 6. The van der Waals surface area contributed by atoms with Gasteiger partial charge in [0.15, 0.2) is 9.84 Å². The van der Waals surface area contributed by atoms with Crippen molar-refractivity contribution in [2.24, 2.45) is 0 Å². The Morgan fingerprint density at radius 1 is 0.886 bits per heavy atom. The van der Waals surface area contributed by atoms with Crippen molar-refractivity contribution < 1.29 is 39.2 Å². The molecule has 0 fully saturated rings. The Kier molecular flexibility index (Phi) is 7.41. The summed E-state index contributed by atoms with van der Waals surface area (Å²) in [4.78, 5) is 13.0. The second-order valence-corrected chi connectivity index (χ2v) is 14.2. The smallest absolute Gasteiger partial charge is 0.416 e. The van der Waals surface area contributed by atoms with Crippen LogP contribution in [0.1, 0.15) is 46.6 Å². The van der Waals surface area contributed by atoms with E-state index < -0.39 is 37.5 Å². The van der Waals surface area contributed by atoms with Crippen LogP contribution in [0.5, 0.6) is 0 Å². The molecule has 0 spiro atoms. The van der Waals surface area contributed by atoms with Crippen LogP contribution < -0.4 is 10.0 Å². The van der Waals surface area contributed by atoms with Gasteiger partial charge in [0.2, 0.25) is 0 Å². The first kappa shape index (κ1) is 29.7. The summed E-state index contributed by atoms with van der Waals surface area (Å²) in [6, 6.07) is 15.5. The lowest BCUT2D eigenvalue weighted by atomic mass is 9.95. The normalized spacial score (nSPS) is 16.0. The highest BCUT2D eigenvalue weighted by Crippen LogP contribution is 2.39. The minimum absolute atomic E-state index is 0.0751. The molecule has 2 heterocycles. The summed E-state index contributed by atoms with van der Waals surface area (Å²) in [5.74, 6) is 0.00799. The van der Waals surface area contributed by atoms with Crippen LogP contribution in [0.3, 0.4) is 0 Å². The number of amides is 1. The maximum atomic E-state index is 13.3. The van der Waals surface area contributed by atoms with Crippen LogP contribution in [-0.2, 0) is 49.4 Å². The van der Waals surface area contributed by atoms with Gasteiger partial charge < -0.3 is 9.73 Å². The molecule has 44 heavy (non-hydrogen) atoms. The fourth-order valence-corrected chi connectivity index (χ4v) is 7.90. The number of rotatable bonds is 7. The number of sulfone groups is 1. The predicted octanol–water partition coefficient (Wildman–Crippen LogP) is 6.44. The Balaban J connectivity index is 1.36. The molecule has 0 atom stereocenters. The summed E-state index contributed by atoms with van der Waals surface area (Å²) in [5, 5.41) is 2.68. The van der Waals surface area contributed by atoms with Crippen molar-refractivity contribution in [3.63, 3.8) is 0 Å². The summed E-state index contributed by atoms with van der Waals surface area (Å²) < 4.78 is 100. The van der Waals surface area contributed by atoms with Crippen LogP contribution in [0.4, 0.5) is 24.5 Å². The summed E-state index contributed by atoms with van der Waals surface area (Å²) in [6.45, 7) is 0. The molecule has 0 radical (unpaired) electrons. The zero-order valence-corrected chi connectivity index (χ0v) is 24.6. The Hall–Kier alpha value is -4.36.